The Labute approximate surface area is 182 Å². The first-order chi connectivity index (χ1) is 15.1. The van der Waals surface area contributed by atoms with Crippen LogP contribution in [0, 0.1) is 0 Å². The summed E-state index contributed by atoms with van der Waals surface area (Å²) < 4.78 is 11.2. The molecule has 3 aliphatic rings. The Bertz CT molecular complexity index is 951. The molecule has 1 aliphatic heterocycles. The quantitative estimate of drug-likeness (QED) is 0.748. The predicted molar refractivity (Wildman–Crippen MR) is 116 cm³/mol. The van der Waals surface area contributed by atoms with Crippen LogP contribution in [-0.4, -0.2) is 48.1 Å². The maximum absolute atomic E-state index is 13.4. The van der Waals surface area contributed by atoms with E-state index in [1.54, 1.807) is 7.11 Å². The van der Waals surface area contributed by atoms with Gasteiger partial charge in [-0.1, -0.05) is 42.5 Å². The Morgan fingerprint density at radius 3 is 2.45 bits per heavy atom. The summed E-state index contributed by atoms with van der Waals surface area (Å²) in [6, 6.07) is 17.6. The lowest BCUT2D eigenvalue weighted by Gasteiger charge is -2.41. The third-order valence-corrected chi connectivity index (χ3v) is 6.54. The lowest BCUT2D eigenvalue weighted by Crippen LogP contribution is -2.56. The maximum Gasteiger partial charge on any atom is 0.252 e. The molecule has 0 unspecified atom stereocenters. The molecule has 2 aliphatic carbocycles. The highest BCUT2D eigenvalue weighted by atomic mass is 16.5. The number of methoxy groups -OCH3 is 1. The molecule has 31 heavy (non-hydrogen) atoms. The molecule has 6 heteroatoms. The van der Waals surface area contributed by atoms with Crippen molar-refractivity contribution in [3.05, 3.63) is 65.7 Å². The normalized spacial score (nSPS) is 24.5. The fraction of sp³-hybridized carbons (Fsp3) is 0.440. The summed E-state index contributed by atoms with van der Waals surface area (Å²) in [6.07, 6.45) is 3.96. The van der Waals surface area contributed by atoms with Gasteiger partial charge < -0.3 is 19.7 Å². The fourth-order valence-electron chi connectivity index (χ4n) is 4.58. The summed E-state index contributed by atoms with van der Waals surface area (Å²) in [4.78, 5) is 28.1. The first-order valence-electron chi connectivity index (χ1n) is 11.0. The Balaban J connectivity index is 1.39. The average Bonchev–Trinajstić information content (AvgIpc) is 3.72. The number of carbonyl (C=O) groups excluding carboxylic acids is 2. The standard InChI is InChI=1S/C25H28N2O4/c1-30-20-11-7-18(8-12-20)22-23(31-16-21(28)27(22)19-9-10-19)24(29)26-25(13-14-25)15-17-5-3-2-4-6-17/h2-8,11-12,19,22-23H,9-10,13-16H2,1H3,(H,26,29)/t22-,23+/m1/s1. The maximum atomic E-state index is 13.4. The number of amides is 2. The van der Waals surface area contributed by atoms with E-state index in [1.165, 1.54) is 5.56 Å². The molecule has 3 fully saturated rings. The third kappa shape index (κ3) is 4.17. The topological polar surface area (TPSA) is 67.9 Å². The molecule has 1 saturated heterocycles. The molecule has 0 spiro atoms. The number of carbonyl (C=O) groups is 2. The van der Waals surface area contributed by atoms with Crippen LogP contribution in [0.4, 0.5) is 0 Å². The van der Waals surface area contributed by atoms with E-state index < -0.39 is 12.1 Å². The molecule has 2 amide bonds. The van der Waals surface area contributed by atoms with Crippen molar-refractivity contribution in [2.24, 2.45) is 0 Å². The Hall–Kier alpha value is -2.86. The average molecular weight is 421 g/mol. The minimum atomic E-state index is -0.722. The van der Waals surface area contributed by atoms with E-state index in [1.807, 2.05) is 47.4 Å². The van der Waals surface area contributed by atoms with Crippen LogP contribution in [0.2, 0.25) is 0 Å². The Kier molecular flexibility index (Phi) is 5.18. The molecule has 0 bridgehead atoms. The van der Waals surface area contributed by atoms with Crippen LogP contribution in [-0.2, 0) is 20.7 Å². The molecule has 0 aromatic heterocycles. The molecule has 2 aromatic carbocycles. The third-order valence-electron chi connectivity index (χ3n) is 6.54. The Morgan fingerprint density at radius 1 is 1.13 bits per heavy atom. The molecule has 2 atom stereocenters. The molecule has 2 aromatic rings. The SMILES string of the molecule is COc1ccc([C@@H]2[C@@H](C(=O)NC3(Cc4ccccc4)CC3)OCC(=O)N2C2CC2)cc1. The van der Waals surface area contributed by atoms with E-state index >= 15 is 0 Å². The second-order valence-corrected chi connectivity index (χ2v) is 8.91. The number of benzene rings is 2. The molecule has 5 rings (SSSR count). The summed E-state index contributed by atoms with van der Waals surface area (Å²) in [6.45, 7) is -0.0487. The van der Waals surface area contributed by atoms with Crippen LogP contribution in [0.15, 0.2) is 54.6 Å². The van der Waals surface area contributed by atoms with Crippen LogP contribution in [0.1, 0.15) is 42.9 Å². The van der Waals surface area contributed by atoms with Gasteiger partial charge in [0.15, 0.2) is 6.10 Å². The van der Waals surface area contributed by atoms with Gasteiger partial charge in [-0.15, -0.1) is 0 Å². The van der Waals surface area contributed by atoms with Crippen molar-refractivity contribution in [3.8, 4) is 5.75 Å². The van der Waals surface area contributed by atoms with Gasteiger partial charge in [0, 0.05) is 11.6 Å². The highest BCUT2D eigenvalue weighted by molar-refractivity contribution is 5.87. The lowest BCUT2D eigenvalue weighted by molar-refractivity contribution is -0.165. The zero-order valence-electron chi connectivity index (χ0n) is 17.8. The van der Waals surface area contributed by atoms with Gasteiger partial charge in [0.25, 0.3) is 5.91 Å². The number of ether oxygens (including phenoxy) is 2. The summed E-state index contributed by atoms with van der Waals surface area (Å²) in [5.74, 6) is 0.566. The molecule has 0 radical (unpaired) electrons. The van der Waals surface area contributed by atoms with Gasteiger partial charge >= 0.3 is 0 Å². The molecular weight excluding hydrogens is 392 g/mol. The smallest absolute Gasteiger partial charge is 0.252 e. The van der Waals surface area contributed by atoms with Crippen molar-refractivity contribution in [3.63, 3.8) is 0 Å². The molecule has 1 N–H and O–H groups in total. The fourth-order valence-corrected chi connectivity index (χ4v) is 4.58. The number of morpholine rings is 1. The molecule has 162 valence electrons. The van der Waals surface area contributed by atoms with Crippen LogP contribution in [0.5, 0.6) is 5.75 Å². The molecular formula is C25H28N2O4. The number of hydrogen-bond donors (Lipinski definition) is 1. The van der Waals surface area contributed by atoms with Gasteiger partial charge in [-0.2, -0.15) is 0 Å². The first kappa shape index (κ1) is 20.1. The van der Waals surface area contributed by atoms with Crippen molar-refractivity contribution in [2.45, 2.75) is 55.8 Å². The van der Waals surface area contributed by atoms with Crippen molar-refractivity contribution < 1.29 is 19.1 Å². The number of rotatable bonds is 7. The zero-order chi connectivity index (χ0) is 21.4. The van der Waals surface area contributed by atoms with Gasteiger partial charge in [0.1, 0.15) is 12.4 Å². The largest absolute Gasteiger partial charge is 0.497 e. The predicted octanol–water partition coefficient (Wildman–Crippen LogP) is 3.02. The summed E-state index contributed by atoms with van der Waals surface area (Å²) in [5, 5.41) is 3.28. The van der Waals surface area contributed by atoms with E-state index in [2.05, 4.69) is 17.4 Å². The summed E-state index contributed by atoms with van der Waals surface area (Å²) >= 11 is 0. The first-order valence-corrected chi connectivity index (χ1v) is 11.0. The van der Waals surface area contributed by atoms with Gasteiger partial charge in [0.05, 0.1) is 13.2 Å². The lowest BCUT2D eigenvalue weighted by atomic mass is 9.95. The van der Waals surface area contributed by atoms with Crippen LogP contribution < -0.4 is 10.1 Å². The highest BCUT2D eigenvalue weighted by Crippen LogP contribution is 2.42. The van der Waals surface area contributed by atoms with E-state index in [0.717, 1.165) is 43.4 Å². The number of hydrogen-bond acceptors (Lipinski definition) is 4. The zero-order valence-corrected chi connectivity index (χ0v) is 17.8. The monoisotopic (exact) mass is 420 g/mol. The summed E-state index contributed by atoms with van der Waals surface area (Å²) in [5.41, 5.74) is 1.90. The van der Waals surface area contributed by atoms with Gasteiger partial charge in [-0.3, -0.25) is 9.59 Å². The minimum absolute atomic E-state index is 0.0437. The van der Waals surface area contributed by atoms with Crippen molar-refractivity contribution >= 4 is 11.8 Å². The van der Waals surface area contributed by atoms with Crippen LogP contribution in [0.25, 0.3) is 0 Å². The van der Waals surface area contributed by atoms with Gasteiger partial charge in [-0.25, -0.2) is 0 Å². The van der Waals surface area contributed by atoms with Crippen molar-refractivity contribution in [2.75, 3.05) is 13.7 Å². The van der Waals surface area contributed by atoms with Crippen LogP contribution >= 0.6 is 0 Å². The van der Waals surface area contributed by atoms with Crippen molar-refractivity contribution in [1.29, 1.82) is 0 Å². The minimum Gasteiger partial charge on any atom is -0.497 e. The molecule has 1 heterocycles. The Morgan fingerprint density at radius 2 is 1.84 bits per heavy atom. The van der Waals surface area contributed by atoms with E-state index in [9.17, 15) is 9.59 Å². The summed E-state index contributed by atoms with van der Waals surface area (Å²) in [7, 11) is 1.62. The molecule has 2 saturated carbocycles. The van der Waals surface area contributed by atoms with E-state index in [-0.39, 0.29) is 30.0 Å². The van der Waals surface area contributed by atoms with Gasteiger partial charge in [0.2, 0.25) is 5.91 Å². The number of nitrogens with one attached hydrogen (secondary N) is 1. The second kappa shape index (κ2) is 8.00. The number of nitrogens with zero attached hydrogens (tertiary/aromatic N) is 1. The van der Waals surface area contributed by atoms with Crippen molar-refractivity contribution in [1.82, 2.24) is 10.2 Å². The second-order valence-electron chi connectivity index (χ2n) is 8.91. The van der Waals surface area contributed by atoms with Gasteiger partial charge in [-0.05, 0) is 55.4 Å². The van der Waals surface area contributed by atoms with Crippen LogP contribution in [0.3, 0.4) is 0 Å². The van der Waals surface area contributed by atoms with E-state index in [4.69, 9.17) is 9.47 Å². The molecule has 6 nitrogen and oxygen atoms in total. The van der Waals surface area contributed by atoms with E-state index in [0.29, 0.717) is 0 Å². The highest BCUT2D eigenvalue weighted by Gasteiger charge is 2.50.